The number of rotatable bonds is 3. The summed E-state index contributed by atoms with van der Waals surface area (Å²) in [5, 5.41) is 11.8. The lowest BCUT2D eigenvalue weighted by molar-refractivity contribution is 0.0696. The van der Waals surface area contributed by atoms with Gasteiger partial charge < -0.3 is 10.4 Å². The number of halogens is 1. The van der Waals surface area contributed by atoms with E-state index < -0.39 is 11.9 Å². The second kappa shape index (κ2) is 5.49. The number of hydrogen-bond acceptors (Lipinski definition) is 3. The number of hydrogen-bond donors (Lipinski definition) is 2. The molecule has 0 bridgehead atoms. The van der Waals surface area contributed by atoms with Crippen molar-refractivity contribution in [3.63, 3.8) is 0 Å². The van der Waals surface area contributed by atoms with Crippen molar-refractivity contribution in [2.24, 2.45) is 0 Å². The van der Waals surface area contributed by atoms with Gasteiger partial charge in [0, 0.05) is 16.9 Å². The van der Waals surface area contributed by atoms with Crippen molar-refractivity contribution < 1.29 is 14.7 Å². The lowest BCUT2D eigenvalue weighted by Crippen LogP contribution is -2.13. The minimum atomic E-state index is -1.02. The number of nitrogens with one attached hydrogen (secondary N) is 1. The zero-order valence-electron chi connectivity index (χ0n) is 9.63. The fourth-order valence-corrected chi connectivity index (χ4v) is 1.58. The highest BCUT2D eigenvalue weighted by molar-refractivity contribution is 6.30. The van der Waals surface area contributed by atoms with Crippen LogP contribution in [0.15, 0.2) is 42.6 Å². The van der Waals surface area contributed by atoms with E-state index in [9.17, 15) is 9.59 Å². The Morgan fingerprint density at radius 1 is 1.16 bits per heavy atom. The van der Waals surface area contributed by atoms with Crippen LogP contribution in [0.4, 0.5) is 5.69 Å². The van der Waals surface area contributed by atoms with E-state index in [1.165, 1.54) is 36.5 Å². The summed E-state index contributed by atoms with van der Waals surface area (Å²) in [4.78, 5) is 26.4. The zero-order chi connectivity index (χ0) is 13.8. The molecule has 0 saturated carbocycles. The summed E-state index contributed by atoms with van der Waals surface area (Å²) in [7, 11) is 0. The molecule has 5 nitrogen and oxygen atoms in total. The van der Waals surface area contributed by atoms with Crippen LogP contribution in [0, 0.1) is 0 Å². The SMILES string of the molecule is O=C(O)c1ccc(NC(=O)c2cc(Cl)ccn2)cc1. The van der Waals surface area contributed by atoms with Crippen molar-refractivity contribution >= 4 is 29.2 Å². The Hall–Kier alpha value is -2.40. The molecule has 0 unspecified atom stereocenters. The standard InChI is InChI=1S/C13H9ClN2O3/c14-9-5-6-15-11(7-9)12(17)16-10-3-1-8(2-4-10)13(18)19/h1-7H,(H,16,17)(H,18,19). The fourth-order valence-electron chi connectivity index (χ4n) is 1.42. The summed E-state index contributed by atoms with van der Waals surface area (Å²) in [5.74, 6) is -1.43. The highest BCUT2D eigenvalue weighted by Crippen LogP contribution is 2.12. The van der Waals surface area contributed by atoms with Crippen molar-refractivity contribution in [1.82, 2.24) is 4.98 Å². The van der Waals surface area contributed by atoms with Gasteiger partial charge in [-0.25, -0.2) is 4.79 Å². The van der Waals surface area contributed by atoms with E-state index in [1.807, 2.05) is 0 Å². The highest BCUT2D eigenvalue weighted by Gasteiger charge is 2.08. The fraction of sp³-hybridized carbons (Fsp3) is 0. The van der Waals surface area contributed by atoms with Gasteiger partial charge >= 0.3 is 5.97 Å². The first kappa shape index (κ1) is 13.0. The summed E-state index contributed by atoms with van der Waals surface area (Å²) in [6.45, 7) is 0. The number of anilines is 1. The van der Waals surface area contributed by atoms with Crippen LogP contribution in [0.5, 0.6) is 0 Å². The molecule has 1 heterocycles. The summed E-state index contributed by atoms with van der Waals surface area (Å²) < 4.78 is 0. The molecule has 2 rings (SSSR count). The molecular weight excluding hydrogens is 268 g/mol. The quantitative estimate of drug-likeness (QED) is 0.903. The predicted octanol–water partition coefficient (Wildman–Crippen LogP) is 2.69. The molecule has 6 heteroatoms. The van der Waals surface area contributed by atoms with Crippen molar-refractivity contribution in [3.05, 3.63) is 58.9 Å². The van der Waals surface area contributed by atoms with Gasteiger partial charge in [-0.3, -0.25) is 9.78 Å². The first-order valence-electron chi connectivity index (χ1n) is 5.32. The van der Waals surface area contributed by atoms with Crippen LogP contribution in [0.1, 0.15) is 20.8 Å². The molecule has 19 heavy (non-hydrogen) atoms. The Labute approximate surface area is 113 Å². The smallest absolute Gasteiger partial charge is 0.335 e. The number of carboxylic acid groups (broad SMARTS) is 1. The summed E-state index contributed by atoms with van der Waals surface area (Å²) in [6.07, 6.45) is 1.44. The Kier molecular flexibility index (Phi) is 3.77. The molecular formula is C13H9ClN2O3. The highest BCUT2D eigenvalue weighted by atomic mass is 35.5. The molecule has 0 saturated heterocycles. The number of carbonyl (C=O) groups excluding carboxylic acids is 1. The lowest BCUT2D eigenvalue weighted by atomic mass is 10.2. The molecule has 96 valence electrons. The number of carboxylic acids is 1. The van der Waals surface area contributed by atoms with E-state index in [1.54, 1.807) is 6.07 Å². The summed E-state index contributed by atoms with van der Waals surface area (Å²) in [6, 6.07) is 8.84. The van der Waals surface area contributed by atoms with Gasteiger partial charge in [0.1, 0.15) is 5.69 Å². The Morgan fingerprint density at radius 2 is 1.84 bits per heavy atom. The lowest BCUT2D eigenvalue weighted by Gasteiger charge is -2.05. The first-order valence-corrected chi connectivity index (χ1v) is 5.70. The number of amides is 1. The van der Waals surface area contributed by atoms with Crippen molar-refractivity contribution in [3.8, 4) is 0 Å². The summed E-state index contributed by atoms with van der Waals surface area (Å²) >= 11 is 5.76. The molecule has 0 aliphatic heterocycles. The minimum Gasteiger partial charge on any atom is -0.478 e. The molecule has 1 aromatic heterocycles. The molecule has 0 aliphatic rings. The van der Waals surface area contributed by atoms with Crippen molar-refractivity contribution in [2.75, 3.05) is 5.32 Å². The van der Waals surface area contributed by atoms with E-state index >= 15 is 0 Å². The average molecular weight is 277 g/mol. The average Bonchev–Trinajstić information content (AvgIpc) is 2.39. The largest absolute Gasteiger partial charge is 0.478 e. The monoisotopic (exact) mass is 276 g/mol. The van der Waals surface area contributed by atoms with Crippen LogP contribution < -0.4 is 5.32 Å². The van der Waals surface area contributed by atoms with Crippen LogP contribution in [0.2, 0.25) is 5.02 Å². The van der Waals surface area contributed by atoms with Gasteiger partial charge in [-0.05, 0) is 36.4 Å². The second-order valence-corrected chi connectivity index (χ2v) is 4.13. The number of aromatic nitrogens is 1. The third-order valence-electron chi connectivity index (χ3n) is 2.34. The second-order valence-electron chi connectivity index (χ2n) is 3.70. The maximum Gasteiger partial charge on any atom is 0.335 e. The number of pyridine rings is 1. The molecule has 0 aliphatic carbocycles. The molecule has 0 radical (unpaired) electrons. The molecule has 0 fully saturated rings. The van der Waals surface area contributed by atoms with Gasteiger partial charge in [-0.1, -0.05) is 11.6 Å². The van der Waals surface area contributed by atoms with E-state index in [4.69, 9.17) is 16.7 Å². The van der Waals surface area contributed by atoms with Gasteiger partial charge in [-0.15, -0.1) is 0 Å². The number of nitrogens with zero attached hydrogens (tertiary/aromatic N) is 1. The maximum atomic E-state index is 11.8. The van der Waals surface area contributed by atoms with Gasteiger partial charge in [0.15, 0.2) is 0 Å². The van der Waals surface area contributed by atoms with Crippen LogP contribution >= 0.6 is 11.6 Å². The third kappa shape index (κ3) is 3.29. The Balaban J connectivity index is 2.13. The Bertz CT molecular complexity index is 626. The van der Waals surface area contributed by atoms with Gasteiger partial charge in [0.2, 0.25) is 0 Å². The number of benzene rings is 1. The minimum absolute atomic E-state index is 0.152. The Morgan fingerprint density at radius 3 is 2.42 bits per heavy atom. The molecule has 0 atom stereocenters. The van der Waals surface area contributed by atoms with Gasteiger partial charge in [-0.2, -0.15) is 0 Å². The van der Waals surface area contributed by atoms with Crippen molar-refractivity contribution in [1.29, 1.82) is 0 Å². The van der Waals surface area contributed by atoms with E-state index in [2.05, 4.69) is 10.3 Å². The normalized spacial score (nSPS) is 9.95. The topological polar surface area (TPSA) is 79.3 Å². The van der Waals surface area contributed by atoms with E-state index in [0.717, 1.165) is 0 Å². The molecule has 1 amide bonds. The summed E-state index contributed by atoms with van der Waals surface area (Å²) in [5.41, 5.74) is 0.825. The van der Waals surface area contributed by atoms with E-state index in [-0.39, 0.29) is 11.3 Å². The first-order chi connectivity index (χ1) is 9.06. The van der Waals surface area contributed by atoms with Gasteiger partial charge in [0.05, 0.1) is 5.56 Å². The molecule has 2 N–H and O–H groups in total. The van der Waals surface area contributed by atoms with E-state index in [0.29, 0.717) is 10.7 Å². The van der Waals surface area contributed by atoms with Gasteiger partial charge in [0.25, 0.3) is 5.91 Å². The molecule has 0 spiro atoms. The van der Waals surface area contributed by atoms with Crippen LogP contribution in [0.25, 0.3) is 0 Å². The molecule has 1 aromatic carbocycles. The number of carbonyl (C=O) groups is 2. The molecule has 2 aromatic rings. The van der Waals surface area contributed by atoms with Crippen LogP contribution in [-0.4, -0.2) is 22.0 Å². The van der Waals surface area contributed by atoms with Crippen molar-refractivity contribution in [2.45, 2.75) is 0 Å². The predicted molar refractivity (Wildman–Crippen MR) is 70.6 cm³/mol. The maximum absolute atomic E-state index is 11.8. The number of aromatic carboxylic acids is 1. The van der Waals surface area contributed by atoms with Crippen LogP contribution in [-0.2, 0) is 0 Å². The third-order valence-corrected chi connectivity index (χ3v) is 2.58. The van der Waals surface area contributed by atoms with Crippen LogP contribution in [0.3, 0.4) is 0 Å². The zero-order valence-corrected chi connectivity index (χ0v) is 10.4.